The Morgan fingerprint density at radius 1 is 1.00 bits per heavy atom. The van der Waals surface area contributed by atoms with Crippen LogP contribution in [0.15, 0.2) is 30.3 Å². The molecule has 1 aromatic rings. The van der Waals surface area contributed by atoms with Gasteiger partial charge in [0, 0.05) is 7.11 Å². The summed E-state index contributed by atoms with van der Waals surface area (Å²) in [6.07, 6.45) is 8.35. The molecule has 1 aromatic carbocycles. The number of fused-ring (bicyclic) bond motifs is 3. The number of rotatable bonds is 2. The summed E-state index contributed by atoms with van der Waals surface area (Å²) in [6.45, 7) is 0.447. The van der Waals surface area contributed by atoms with Crippen molar-refractivity contribution in [3.8, 4) is 0 Å². The minimum Gasteiger partial charge on any atom is -0.437 e. The summed E-state index contributed by atoms with van der Waals surface area (Å²) in [4.78, 5) is 0. The monoisotopic (exact) mass is 242 g/mol. The lowest BCUT2D eigenvalue weighted by Crippen LogP contribution is -2.32. The van der Waals surface area contributed by atoms with Gasteiger partial charge in [0.15, 0.2) is 0 Å². The molecular weight excluding hydrogens is 219 g/mol. The molecule has 2 heterocycles. The van der Waals surface area contributed by atoms with E-state index in [1.165, 1.54) is 44.1 Å². The van der Waals surface area contributed by atoms with E-state index in [1.807, 2.05) is 7.11 Å². The summed E-state index contributed by atoms with van der Waals surface area (Å²) in [5, 5.41) is 0. The molecular formula is C16H23BO. The Labute approximate surface area is 111 Å². The van der Waals surface area contributed by atoms with Gasteiger partial charge in [-0.25, -0.2) is 0 Å². The normalized spacial score (nSPS) is 32.1. The Balaban J connectivity index is 1.97. The van der Waals surface area contributed by atoms with Crippen molar-refractivity contribution in [2.45, 2.75) is 50.2 Å². The standard InChI is InChI=1S/C16H23BO/c1-18-17-15-11-5-9-14(10-6-12-15)16(17)13-7-3-2-4-8-13/h2-4,7-8,14-16H,5-6,9-12H2,1H3/t14?,15?,16-/m0/s1. The summed E-state index contributed by atoms with van der Waals surface area (Å²) >= 11 is 0. The van der Waals surface area contributed by atoms with Crippen molar-refractivity contribution in [1.29, 1.82) is 0 Å². The first-order valence-corrected chi connectivity index (χ1v) is 7.48. The minimum absolute atomic E-state index is 0.447. The Morgan fingerprint density at radius 3 is 2.28 bits per heavy atom. The molecule has 18 heavy (non-hydrogen) atoms. The average Bonchev–Trinajstić information content (AvgIpc) is 2.67. The zero-order chi connectivity index (χ0) is 12.4. The van der Waals surface area contributed by atoms with Crippen LogP contribution in [-0.4, -0.2) is 14.0 Å². The highest BCUT2D eigenvalue weighted by atomic mass is 16.4. The molecule has 2 aliphatic heterocycles. The van der Waals surface area contributed by atoms with Gasteiger partial charge in [-0.15, -0.1) is 0 Å². The first kappa shape index (κ1) is 12.3. The Hall–Kier alpha value is -0.755. The van der Waals surface area contributed by atoms with Crippen LogP contribution < -0.4 is 0 Å². The third kappa shape index (κ3) is 2.23. The van der Waals surface area contributed by atoms with E-state index in [4.69, 9.17) is 4.65 Å². The van der Waals surface area contributed by atoms with Crippen LogP contribution in [0.25, 0.3) is 0 Å². The van der Waals surface area contributed by atoms with Gasteiger partial charge < -0.3 is 4.65 Å². The van der Waals surface area contributed by atoms with Gasteiger partial charge in [-0.05, 0) is 23.1 Å². The predicted molar refractivity (Wildman–Crippen MR) is 76.9 cm³/mol. The van der Waals surface area contributed by atoms with Crippen molar-refractivity contribution in [2.24, 2.45) is 5.92 Å². The van der Waals surface area contributed by atoms with Gasteiger partial charge in [0.25, 0.3) is 0 Å². The molecule has 0 saturated carbocycles. The van der Waals surface area contributed by atoms with Crippen molar-refractivity contribution in [2.75, 3.05) is 7.11 Å². The van der Waals surface area contributed by atoms with Crippen LogP contribution in [0.5, 0.6) is 0 Å². The van der Waals surface area contributed by atoms with Gasteiger partial charge >= 0.3 is 6.92 Å². The van der Waals surface area contributed by atoms with Crippen molar-refractivity contribution in [3.05, 3.63) is 35.9 Å². The van der Waals surface area contributed by atoms with Crippen molar-refractivity contribution >= 4 is 6.92 Å². The molecule has 2 aliphatic rings. The summed E-state index contributed by atoms with van der Waals surface area (Å²) in [7, 11) is 1.92. The van der Waals surface area contributed by atoms with Crippen LogP contribution in [0, 0.1) is 5.92 Å². The fourth-order valence-electron chi connectivity index (χ4n) is 4.30. The maximum Gasteiger partial charge on any atom is 0.303 e. The van der Waals surface area contributed by atoms with E-state index in [9.17, 15) is 0 Å². The molecule has 1 atom stereocenters. The van der Waals surface area contributed by atoms with Crippen LogP contribution in [0.2, 0.25) is 5.82 Å². The lowest BCUT2D eigenvalue weighted by Gasteiger charge is -2.29. The van der Waals surface area contributed by atoms with E-state index >= 15 is 0 Å². The van der Waals surface area contributed by atoms with Crippen LogP contribution >= 0.6 is 0 Å². The van der Waals surface area contributed by atoms with Gasteiger partial charge in [-0.1, -0.05) is 68.9 Å². The smallest absolute Gasteiger partial charge is 0.303 e. The van der Waals surface area contributed by atoms with Crippen molar-refractivity contribution in [1.82, 2.24) is 0 Å². The summed E-state index contributed by atoms with van der Waals surface area (Å²) in [5.74, 6) is 2.25. The third-order valence-corrected chi connectivity index (χ3v) is 5.08. The zero-order valence-electron chi connectivity index (χ0n) is 11.3. The lowest BCUT2D eigenvalue weighted by atomic mass is 9.43. The molecule has 0 aromatic heterocycles. The number of hydrogen-bond acceptors (Lipinski definition) is 1. The van der Waals surface area contributed by atoms with Gasteiger partial charge in [-0.3, -0.25) is 0 Å². The van der Waals surface area contributed by atoms with E-state index in [0.29, 0.717) is 12.7 Å². The number of benzene rings is 1. The van der Waals surface area contributed by atoms with E-state index in [-0.39, 0.29) is 0 Å². The molecule has 0 radical (unpaired) electrons. The van der Waals surface area contributed by atoms with Gasteiger partial charge in [0.05, 0.1) is 0 Å². The first-order valence-electron chi connectivity index (χ1n) is 7.48. The van der Waals surface area contributed by atoms with Gasteiger partial charge in [-0.2, -0.15) is 0 Å². The second-order valence-electron chi connectivity index (χ2n) is 6.02. The van der Waals surface area contributed by atoms with Gasteiger partial charge in [0.2, 0.25) is 0 Å². The Bertz CT molecular complexity index is 368. The molecule has 3 rings (SSSR count). The SMILES string of the molecule is COB1C2CCCC(CCC2)[C@@H]1c1ccccc1. The highest BCUT2D eigenvalue weighted by Gasteiger charge is 2.43. The molecule has 0 aliphatic carbocycles. The molecule has 0 N–H and O–H groups in total. The van der Waals surface area contributed by atoms with Crippen LogP contribution in [0.3, 0.4) is 0 Å². The third-order valence-electron chi connectivity index (χ3n) is 5.08. The van der Waals surface area contributed by atoms with Crippen LogP contribution in [0.1, 0.15) is 49.9 Å². The molecule has 0 unspecified atom stereocenters. The quantitative estimate of drug-likeness (QED) is 0.702. The predicted octanol–water partition coefficient (Wildman–Crippen LogP) is 4.30. The topological polar surface area (TPSA) is 9.23 Å². The molecule has 0 amide bonds. The molecule has 2 fully saturated rings. The summed E-state index contributed by atoms with van der Waals surface area (Å²) in [5.41, 5.74) is 1.50. The average molecular weight is 242 g/mol. The highest BCUT2D eigenvalue weighted by molar-refractivity contribution is 6.55. The molecule has 2 bridgehead atoms. The van der Waals surface area contributed by atoms with Crippen molar-refractivity contribution in [3.63, 3.8) is 0 Å². The molecule has 2 saturated heterocycles. The maximum atomic E-state index is 5.95. The second-order valence-corrected chi connectivity index (χ2v) is 6.02. The van der Waals surface area contributed by atoms with Crippen LogP contribution in [0.4, 0.5) is 0 Å². The lowest BCUT2D eigenvalue weighted by molar-refractivity contribution is 0.372. The molecule has 96 valence electrons. The molecule has 1 nitrogen and oxygen atoms in total. The van der Waals surface area contributed by atoms with E-state index < -0.39 is 0 Å². The second kappa shape index (κ2) is 5.48. The van der Waals surface area contributed by atoms with Crippen molar-refractivity contribution < 1.29 is 4.65 Å². The molecule has 2 heteroatoms. The van der Waals surface area contributed by atoms with E-state index in [0.717, 1.165) is 11.7 Å². The summed E-state index contributed by atoms with van der Waals surface area (Å²) in [6, 6.07) is 11.1. The first-order chi connectivity index (χ1) is 8.90. The fourth-order valence-corrected chi connectivity index (χ4v) is 4.30. The van der Waals surface area contributed by atoms with E-state index in [2.05, 4.69) is 30.3 Å². The fraction of sp³-hybridized carbons (Fsp3) is 0.625. The Morgan fingerprint density at radius 2 is 1.67 bits per heavy atom. The summed E-state index contributed by atoms with van der Waals surface area (Å²) < 4.78 is 5.95. The minimum atomic E-state index is 0.447. The maximum absolute atomic E-state index is 5.95. The highest BCUT2D eigenvalue weighted by Crippen LogP contribution is 2.47. The number of hydrogen-bond donors (Lipinski definition) is 0. The van der Waals surface area contributed by atoms with E-state index in [1.54, 1.807) is 0 Å². The van der Waals surface area contributed by atoms with Crippen LogP contribution in [-0.2, 0) is 4.65 Å². The zero-order valence-corrected chi connectivity index (χ0v) is 11.3. The van der Waals surface area contributed by atoms with Gasteiger partial charge in [0.1, 0.15) is 0 Å². The Kier molecular flexibility index (Phi) is 3.74. The molecule has 0 spiro atoms. The largest absolute Gasteiger partial charge is 0.437 e.